The van der Waals surface area contributed by atoms with Crippen molar-refractivity contribution < 1.29 is 23.9 Å². The van der Waals surface area contributed by atoms with Crippen LogP contribution in [0.3, 0.4) is 0 Å². The van der Waals surface area contributed by atoms with Crippen molar-refractivity contribution in [3.05, 3.63) is 83.4 Å². The minimum Gasteiger partial charge on any atom is -0.466 e. The summed E-state index contributed by atoms with van der Waals surface area (Å²) in [6.07, 6.45) is 10.6. The number of carbonyl (C=O) groups is 3. The first kappa shape index (κ1) is 28.6. The SMILES string of the molecule is CCOC(=O)C1(/C=C\CCNC(=O)C(c2ccc(CN3N=C(c4ccccc4)OCC3=O)cc2)C2CCCC2)CC1. The molecule has 41 heavy (non-hydrogen) atoms. The number of rotatable bonds is 12. The maximum Gasteiger partial charge on any atom is 0.315 e. The van der Waals surface area contributed by atoms with E-state index in [2.05, 4.69) is 10.4 Å². The molecule has 2 aliphatic carbocycles. The molecule has 1 unspecified atom stereocenters. The van der Waals surface area contributed by atoms with Gasteiger partial charge in [-0.25, -0.2) is 5.01 Å². The van der Waals surface area contributed by atoms with Gasteiger partial charge in [0.25, 0.3) is 5.91 Å². The molecular formula is C33H39N3O5. The van der Waals surface area contributed by atoms with Crippen molar-refractivity contribution in [3.63, 3.8) is 0 Å². The molecule has 1 aliphatic heterocycles. The smallest absolute Gasteiger partial charge is 0.315 e. The van der Waals surface area contributed by atoms with Crippen LogP contribution in [0, 0.1) is 11.3 Å². The zero-order valence-electron chi connectivity index (χ0n) is 23.7. The van der Waals surface area contributed by atoms with Crippen LogP contribution < -0.4 is 5.32 Å². The van der Waals surface area contributed by atoms with E-state index in [0.717, 1.165) is 55.2 Å². The number of hydrazone groups is 1. The van der Waals surface area contributed by atoms with Gasteiger partial charge in [0.05, 0.1) is 24.5 Å². The summed E-state index contributed by atoms with van der Waals surface area (Å²) in [5.41, 5.74) is 2.31. The van der Waals surface area contributed by atoms with Crippen molar-refractivity contribution in [2.45, 2.75) is 64.3 Å². The number of benzene rings is 2. The predicted molar refractivity (Wildman–Crippen MR) is 156 cm³/mol. The molecule has 0 saturated heterocycles. The van der Waals surface area contributed by atoms with Crippen molar-refractivity contribution in [2.75, 3.05) is 19.8 Å². The van der Waals surface area contributed by atoms with Crippen LogP contribution in [0.1, 0.15) is 74.5 Å². The Morgan fingerprint density at radius 1 is 1.12 bits per heavy atom. The van der Waals surface area contributed by atoms with Gasteiger partial charge in [-0.2, -0.15) is 0 Å². The Balaban J connectivity index is 1.20. The van der Waals surface area contributed by atoms with Gasteiger partial charge in [-0.1, -0.05) is 67.5 Å². The van der Waals surface area contributed by atoms with Crippen molar-refractivity contribution in [3.8, 4) is 0 Å². The predicted octanol–water partition coefficient (Wildman–Crippen LogP) is 5.09. The van der Waals surface area contributed by atoms with Gasteiger partial charge in [0, 0.05) is 12.1 Å². The summed E-state index contributed by atoms with van der Waals surface area (Å²) in [5, 5.41) is 9.03. The van der Waals surface area contributed by atoms with Crippen LogP contribution in [0.5, 0.6) is 0 Å². The maximum atomic E-state index is 13.4. The second kappa shape index (κ2) is 13.1. The Hall–Kier alpha value is -3.94. The number of esters is 1. The number of nitrogens with zero attached hydrogens (tertiary/aromatic N) is 2. The average molecular weight is 558 g/mol. The molecule has 0 aromatic heterocycles. The van der Waals surface area contributed by atoms with Crippen LogP contribution in [0.4, 0.5) is 0 Å². The van der Waals surface area contributed by atoms with E-state index in [9.17, 15) is 14.4 Å². The van der Waals surface area contributed by atoms with E-state index in [1.54, 1.807) is 0 Å². The normalized spacial score (nSPS) is 19.0. The van der Waals surface area contributed by atoms with E-state index in [-0.39, 0.29) is 30.3 Å². The van der Waals surface area contributed by atoms with E-state index in [0.29, 0.717) is 37.9 Å². The summed E-state index contributed by atoms with van der Waals surface area (Å²) in [4.78, 5) is 38.1. The number of ether oxygens (including phenoxy) is 2. The van der Waals surface area contributed by atoms with Crippen molar-refractivity contribution in [1.82, 2.24) is 10.3 Å². The molecule has 2 amide bonds. The molecule has 1 heterocycles. The van der Waals surface area contributed by atoms with Crippen LogP contribution in [-0.4, -0.2) is 48.4 Å². The van der Waals surface area contributed by atoms with E-state index < -0.39 is 5.41 Å². The molecule has 1 N–H and O–H groups in total. The molecule has 0 radical (unpaired) electrons. The Morgan fingerprint density at radius 3 is 2.54 bits per heavy atom. The third kappa shape index (κ3) is 7.04. The number of hydrogen-bond acceptors (Lipinski definition) is 6. The fourth-order valence-electron chi connectivity index (χ4n) is 5.72. The first-order valence-corrected chi connectivity index (χ1v) is 14.8. The van der Waals surface area contributed by atoms with Gasteiger partial charge in [-0.3, -0.25) is 14.4 Å². The van der Waals surface area contributed by atoms with Crippen LogP contribution in [0.25, 0.3) is 0 Å². The van der Waals surface area contributed by atoms with Crippen LogP contribution in [-0.2, 0) is 30.4 Å². The molecule has 8 heteroatoms. The van der Waals surface area contributed by atoms with Crippen LogP contribution >= 0.6 is 0 Å². The summed E-state index contributed by atoms with van der Waals surface area (Å²) < 4.78 is 10.7. The second-order valence-corrected chi connectivity index (χ2v) is 11.1. The van der Waals surface area contributed by atoms with Crippen LogP contribution in [0.2, 0.25) is 0 Å². The lowest BCUT2D eigenvalue weighted by Crippen LogP contribution is -2.36. The third-order valence-corrected chi connectivity index (χ3v) is 8.20. The average Bonchev–Trinajstić information content (AvgIpc) is 3.60. The number of nitrogens with one attached hydrogen (secondary N) is 1. The number of carbonyl (C=O) groups excluding carboxylic acids is 3. The summed E-state index contributed by atoms with van der Waals surface area (Å²) in [6, 6.07) is 17.5. The second-order valence-electron chi connectivity index (χ2n) is 11.1. The maximum absolute atomic E-state index is 13.4. The molecule has 2 fully saturated rings. The van der Waals surface area contributed by atoms with Crippen molar-refractivity contribution >= 4 is 23.7 Å². The summed E-state index contributed by atoms with van der Waals surface area (Å²) in [5.74, 6) is 0.242. The topological polar surface area (TPSA) is 97.3 Å². The Bertz CT molecular complexity index is 1280. The van der Waals surface area contributed by atoms with Gasteiger partial charge in [-0.15, -0.1) is 5.10 Å². The van der Waals surface area contributed by atoms with Crippen LogP contribution in [0.15, 0.2) is 71.9 Å². The highest BCUT2D eigenvalue weighted by Crippen LogP contribution is 2.48. The van der Waals surface area contributed by atoms with Crippen molar-refractivity contribution in [1.29, 1.82) is 0 Å². The largest absolute Gasteiger partial charge is 0.466 e. The van der Waals surface area contributed by atoms with E-state index in [1.807, 2.05) is 73.7 Å². The molecule has 5 rings (SSSR count). The summed E-state index contributed by atoms with van der Waals surface area (Å²) in [6.45, 7) is 3.02. The molecule has 2 aromatic rings. The molecule has 0 spiro atoms. The summed E-state index contributed by atoms with van der Waals surface area (Å²) >= 11 is 0. The molecule has 216 valence electrons. The van der Waals surface area contributed by atoms with E-state index >= 15 is 0 Å². The fourth-order valence-corrected chi connectivity index (χ4v) is 5.72. The number of hydrogen-bond donors (Lipinski definition) is 1. The lowest BCUT2D eigenvalue weighted by atomic mass is 9.83. The standard InChI is InChI=1S/C33H39N3O5/c1-2-40-32(39)33(19-20-33)18-8-9-21-34-30(38)29(25-10-6-7-11-25)26-16-14-24(15-17-26)22-36-28(37)23-41-31(35-36)27-12-4-3-5-13-27/h3-5,8,12-18,25,29H,2,6-7,9-11,19-23H2,1H3,(H,34,38)/b18-8-. The molecule has 2 aromatic carbocycles. The number of amides is 2. The zero-order valence-corrected chi connectivity index (χ0v) is 23.7. The minimum atomic E-state index is -0.450. The zero-order chi connectivity index (χ0) is 28.7. The summed E-state index contributed by atoms with van der Waals surface area (Å²) in [7, 11) is 0. The molecule has 3 aliphatic rings. The fraction of sp³-hybridized carbons (Fsp3) is 0.455. The van der Waals surface area contributed by atoms with Gasteiger partial charge in [0.1, 0.15) is 0 Å². The Kier molecular flexibility index (Phi) is 9.17. The first-order valence-electron chi connectivity index (χ1n) is 14.8. The monoisotopic (exact) mass is 557 g/mol. The highest BCUT2D eigenvalue weighted by Gasteiger charge is 2.48. The molecular weight excluding hydrogens is 518 g/mol. The molecule has 8 nitrogen and oxygen atoms in total. The van der Waals surface area contributed by atoms with Crippen molar-refractivity contribution in [2.24, 2.45) is 16.4 Å². The lowest BCUT2D eigenvalue weighted by molar-refractivity contribution is -0.147. The lowest BCUT2D eigenvalue weighted by Gasteiger charge is -2.25. The molecule has 1 atom stereocenters. The third-order valence-electron chi connectivity index (χ3n) is 8.20. The highest BCUT2D eigenvalue weighted by molar-refractivity contribution is 5.97. The Morgan fingerprint density at radius 2 is 1.85 bits per heavy atom. The van der Waals surface area contributed by atoms with E-state index in [1.165, 1.54) is 5.01 Å². The van der Waals surface area contributed by atoms with E-state index in [4.69, 9.17) is 9.47 Å². The molecule has 2 saturated carbocycles. The first-order chi connectivity index (χ1) is 20.0. The van der Waals surface area contributed by atoms with Gasteiger partial charge in [0.15, 0.2) is 6.61 Å². The highest BCUT2D eigenvalue weighted by atomic mass is 16.5. The van der Waals surface area contributed by atoms with Gasteiger partial charge in [-0.05, 0) is 68.2 Å². The van der Waals surface area contributed by atoms with Gasteiger partial charge in [0.2, 0.25) is 11.8 Å². The molecule has 0 bridgehead atoms. The quantitative estimate of drug-likeness (QED) is 0.223. The van der Waals surface area contributed by atoms with Gasteiger partial charge < -0.3 is 14.8 Å². The Labute approximate surface area is 241 Å². The minimum absolute atomic E-state index is 0.0463. The van der Waals surface area contributed by atoms with Gasteiger partial charge >= 0.3 is 5.97 Å².